The van der Waals surface area contributed by atoms with E-state index in [0.29, 0.717) is 24.0 Å². The van der Waals surface area contributed by atoms with Crippen molar-refractivity contribution >= 4 is 29.0 Å². The maximum absolute atomic E-state index is 12.6. The van der Waals surface area contributed by atoms with Crippen LogP contribution in [0.3, 0.4) is 0 Å². The summed E-state index contributed by atoms with van der Waals surface area (Å²) >= 11 is 5.87. The lowest BCUT2D eigenvalue weighted by atomic mass is 10.2. The second-order valence-electron chi connectivity index (χ2n) is 6.30. The van der Waals surface area contributed by atoms with Crippen LogP contribution in [0.1, 0.15) is 32.6 Å². The lowest BCUT2D eigenvalue weighted by Gasteiger charge is -2.27. The standard InChI is InChI=1S/C18H27ClN6O2/c1-4-5-6-7-11-27-18-16(17(23(2)3)20-13-21-18)25(15(26)12-19)14-24-10-8-9-22-24/h8-10,13H,4-7,11-12,14H2,1-3H3. The number of hydrogen-bond acceptors (Lipinski definition) is 6. The molecule has 0 saturated heterocycles. The molecule has 0 bridgehead atoms. The lowest BCUT2D eigenvalue weighted by molar-refractivity contribution is -0.116. The zero-order valence-electron chi connectivity index (χ0n) is 16.1. The molecule has 0 unspecified atom stereocenters. The fraction of sp³-hybridized carbons (Fsp3) is 0.556. The number of rotatable bonds is 11. The summed E-state index contributed by atoms with van der Waals surface area (Å²) in [6.07, 6.45) is 9.22. The van der Waals surface area contributed by atoms with Crippen LogP contribution in [0.2, 0.25) is 0 Å². The van der Waals surface area contributed by atoms with E-state index in [4.69, 9.17) is 16.3 Å². The lowest BCUT2D eigenvalue weighted by Crippen LogP contribution is -2.36. The fourth-order valence-electron chi connectivity index (χ4n) is 2.60. The quantitative estimate of drug-likeness (QED) is 0.431. The highest BCUT2D eigenvalue weighted by molar-refractivity contribution is 6.29. The first kappa shape index (κ1) is 21.0. The van der Waals surface area contributed by atoms with E-state index in [1.165, 1.54) is 17.6 Å². The number of anilines is 2. The van der Waals surface area contributed by atoms with Gasteiger partial charge in [0.15, 0.2) is 11.5 Å². The van der Waals surface area contributed by atoms with E-state index in [1.807, 2.05) is 19.0 Å². The molecule has 0 atom stereocenters. The molecule has 0 aromatic carbocycles. The molecular weight excluding hydrogens is 368 g/mol. The van der Waals surface area contributed by atoms with E-state index in [9.17, 15) is 4.79 Å². The number of amides is 1. The van der Waals surface area contributed by atoms with Gasteiger partial charge in [-0.05, 0) is 12.5 Å². The summed E-state index contributed by atoms with van der Waals surface area (Å²) in [4.78, 5) is 24.5. The molecule has 0 fully saturated rings. The van der Waals surface area contributed by atoms with Crippen molar-refractivity contribution in [3.8, 4) is 5.88 Å². The first-order valence-corrected chi connectivity index (χ1v) is 9.60. The van der Waals surface area contributed by atoms with Crippen LogP contribution < -0.4 is 14.5 Å². The van der Waals surface area contributed by atoms with Crippen LogP contribution in [0.4, 0.5) is 11.5 Å². The third kappa shape index (κ3) is 5.82. The Morgan fingerprint density at radius 1 is 1.26 bits per heavy atom. The molecule has 27 heavy (non-hydrogen) atoms. The Balaban J connectivity index is 2.34. The molecule has 9 heteroatoms. The number of nitrogens with zero attached hydrogens (tertiary/aromatic N) is 6. The van der Waals surface area contributed by atoms with Crippen LogP contribution >= 0.6 is 11.6 Å². The first-order chi connectivity index (χ1) is 13.1. The maximum atomic E-state index is 12.6. The number of carbonyl (C=O) groups excluding carboxylic acids is 1. The van der Waals surface area contributed by atoms with Crippen molar-refractivity contribution in [1.82, 2.24) is 19.7 Å². The van der Waals surface area contributed by atoms with Crippen LogP contribution in [0.15, 0.2) is 24.8 Å². The van der Waals surface area contributed by atoms with Gasteiger partial charge in [0.05, 0.1) is 6.61 Å². The highest BCUT2D eigenvalue weighted by Crippen LogP contribution is 2.35. The SMILES string of the molecule is CCCCCCOc1ncnc(N(C)C)c1N(Cn1cccn1)C(=O)CCl. The predicted octanol–water partition coefficient (Wildman–Crippen LogP) is 2.93. The smallest absolute Gasteiger partial charge is 0.243 e. The Morgan fingerprint density at radius 3 is 2.70 bits per heavy atom. The van der Waals surface area contributed by atoms with Gasteiger partial charge in [-0.3, -0.25) is 14.4 Å². The fourth-order valence-corrected chi connectivity index (χ4v) is 2.74. The zero-order valence-corrected chi connectivity index (χ0v) is 16.9. The van der Waals surface area contributed by atoms with Crippen molar-refractivity contribution in [2.75, 3.05) is 36.4 Å². The molecule has 2 aromatic heterocycles. The van der Waals surface area contributed by atoms with E-state index in [2.05, 4.69) is 22.0 Å². The molecule has 0 aliphatic carbocycles. The highest BCUT2D eigenvalue weighted by atomic mass is 35.5. The van der Waals surface area contributed by atoms with Gasteiger partial charge in [0.25, 0.3) is 0 Å². The summed E-state index contributed by atoms with van der Waals surface area (Å²) in [6.45, 7) is 2.89. The normalized spacial score (nSPS) is 10.7. The van der Waals surface area contributed by atoms with Crippen LogP contribution in [0.25, 0.3) is 0 Å². The van der Waals surface area contributed by atoms with E-state index in [0.717, 1.165) is 19.3 Å². The van der Waals surface area contributed by atoms with E-state index >= 15 is 0 Å². The minimum Gasteiger partial charge on any atom is -0.476 e. The maximum Gasteiger partial charge on any atom is 0.243 e. The van der Waals surface area contributed by atoms with Gasteiger partial charge < -0.3 is 9.64 Å². The molecule has 0 aliphatic rings. The Labute approximate surface area is 165 Å². The Kier molecular flexibility index (Phi) is 8.32. The van der Waals surface area contributed by atoms with E-state index in [1.54, 1.807) is 23.1 Å². The second-order valence-corrected chi connectivity index (χ2v) is 6.56. The molecular formula is C18H27ClN6O2. The summed E-state index contributed by atoms with van der Waals surface area (Å²) in [5.74, 6) is 0.509. The molecule has 0 saturated carbocycles. The molecule has 1 amide bonds. The molecule has 2 heterocycles. The average molecular weight is 395 g/mol. The Morgan fingerprint density at radius 2 is 2.07 bits per heavy atom. The molecule has 2 rings (SSSR count). The minimum atomic E-state index is -0.277. The van der Waals surface area contributed by atoms with Gasteiger partial charge in [-0.15, -0.1) is 11.6 Å². The Hall–Kier alpha value is -2.35. The van der Waals surface area contributed by atoms with Crippen LogP contribution in [-0.4, -0.2) is 52.2 Å². The Bertz CT molecular complexity index is 708. The van der Waals surface area contributed by atoms with Gasteiger partial charge >= 0.3 is 0 Å². The van der Waals surface area contributed by atoms with Crippen molar-refractivity contribution in [3.63, 3.8) is 0 Å². The number of carbonyl (C=O) groups is 1. The van der Waals surface area contributed by atoms with Crippen LogP contribution in [0, 0.1) is 0 Å². The topological polar surface area (TPSA) is 76.4 Å². The molecule has 0 spiro atoms. The third-order valence-corrected chi connectivity index (χ3v) is 4.19. The van der Waals surface area contributed by atoms with Crippen molar-refractivity contribution in [3.05, 3.63) is 24.8 Å². The largest absolute Gasteiger partial charge is 0.476 e. The van der Waals surface area contributed by atoms with Crippen LogP contribution in [-0.2, 0) is 11.5 Å². The van der Waals surface area contributed by atoms with E-state index < -0.39 is 0 Å². The summed E-state index contributed by atoms with van der Waals surface area (Å²) in [5.41, 5.74) is 0.499. The molecule has 0 aliphatic heterocycles. The van der Waals surface area contributed by atoms with Crippen molar-refractivity contribution in [1.29, 1.82) is 0 Å². The number of alkyl halides is 1. The summed E-state index contributed by atoms with van der Waals surface area (Å²) in [6, 6.07) is 1.79. The molecule has 2 aromatic rings. The van der Waals surface area contributed by atoms with Gasteiger partial charge in [-0.25, -0.2) is 4.98 Å². The predicted molar refractivity (Wildman–Crippen MR) is 106 cm³/mol. The highest BCUT2D eigenvalue weighted by Gasteiger charge is 2.26. The van der Waals surface area contributed by atoms with Crippen molar-refractivity contribution in [2.24, 2.45) is 0 Å². The zero-order chi connectivity index (χ0) is 19.6. The second kappa shape index (κ2) is 10.7. The number of aromatic nitrogens is 4. The first-order valence-electron chi connectivity index (χ1n) is 9.07. The summed E-state index contributed by atoms with van der Waals surface area (Å²) in [5, 5.41) is 4.18. The molecule has 8 nitrogen and oxygen atoms in total. The van der Waals surface area contributed by atoms with Gasteiger partial charge in [0.2, 0.25) is 11.8 Å². The van der Waals surface area contributed by atoms with E-state index in [-0.39, 0.29) is 18.5 Å². The minimum absolute atomic E-state index is 0.168. The number of unbranched alkanes of at least 4 members (excludes halogenated alkanes) is 3. The molecule has 0 N–H and O–H groups in total. The third-order valence-electron chi connectivity index (χ3n) is 3.96. The van der Waals surface area contributed by atoms with Crippen LogP contribution in [0.5, 0.6) is 5.88 Å². The van der Waals surface area contributed by atoms with Gasteiger partial charge in [0.1, 0.15) is 18.9 Å². The van der Waals surface area contributed by atoms with Crippen molar-refractivity contribution < 1.29 is 9.53 Å². The monoisotopic (exact) mass is 394 g/mol. The molecule has 148 valence electrons. The van der Waals surface area contributed by atoms with Gasteiger partial charge in [0, 0.05) is 26.5 Å². The average Bonchev–Trinajstić information content (AvgIpc) is 3.18. The van der Waals surface area contributed by atoms with Gasteiger partial charge in [-0.1, -0.05) is 26.2 Å². The molecule has 0 radical (unpaired) electrons. The van der Waals surface area contributed by atoms with Crippen molar-refractivity contribution in [2.45, 2.75) is 39.3 Å². The number of halogens is 1. The number of ether oxygens (including phenoxy) is 1. The number of hydrogen-bond donors (Lipinski definition) is 0. The summed E-state index contributed by atoms with van der Waals surface area (Å²) < 4.78 is 7.57. The van der Waals surface area contributed by atoms with Gasteiger partial charge in [-0.2, -0.15) is 10.1 Å². The summed E-state index contributed by atoms with van der Waals surface area (Å²) in [7, 11) is 3.71.